The van der Waals surface area contributed by atoms with Crippen molar-refractivity contribution in [2.75, 3.05) is 0 Å². The van der Waals surface area contributed by atoms with Gasteiger partial charge < -0.3 is 5.32 Å². The first kappa shape index (κ1) is 14.5. The van der Waals surface area contributed by atoms with Gasteiger partial charge in [-0.3, -0.25) is 9.48 Å². The number of benzene rings is 1. The number of nitrogens with zero attached hydrogens (tertiary/aromatic N) is 3. The van der Waals surface area contributed by atoms with Crippen LogP contribution in [0.25, 0.3) is 0 Å². The van der Waals surface area contributed by atoms with Crippen molar-refractivity contribution in [3.05, 3.63) is 47.3 Å². The maximum absolute atomic E-state index is 13.6. The number of carbonyl (C=O) groups is 1. The SMILES string of the molecule is C[C@@H](Cn1cncn1)NC(=O)Cc1c(F)cccc1Cl. The lowest BCUT2D eigenvalue weighted by Crippen LogP contribution is -2.36. The summed E-state index contributed by atoms with van der Waals surface area (Å²) < 4.78 is 15.2. The van der Waals surface area contributed by atoms with Crippen LogP contribution in [0, 0.1) is 5.82 Å². The molecule has 0 spiro atoms. The fraction of sp³-hybridized carbons (Fsp3) is 0.308. The van der Waals surface area contributed by atoms with E-state index in [1.807, 2.05) is 6.92 Å². The second-order valence-corrected chi connectivity index (χ2v) is 4.87. The minimum atomic E-state index is -0.475. The molecule has 0 aliphatic carbocycles. The van der Waals surface area contributed by atoms with E-state index in [0.717, 1.165) is 0 Å². The van der Waals surface area contributed by atoms with E-state index in [9.17, 15) is 9.18 Å². The van der Waals surface area contributed by atoms with Crippen molar-refractivity contribution in [1.29, 1.82) is 0 Å². The molecule has 2 aromatic rings. The Morgan fingerprint density at radius 3 is 3.00 bits per heavy atom. The Bertz CT molecular complexity index is 568. The number of aromatic nitrogens is 3. The molecule has 1 N–H and O–H groups in total. The number of amides is 1. The van der Waals surface area contributed by atoms with Gasteiger partial charge >= 0.3 is 0 Å². The zero-order valence-electron chi connectivity index (χ0n) is 10.9. The van der Waals surface area contributed by atoms with Gasteiger partial charge in [-0.2, -0.15) is 5.10 Å². The molecule has 0 saturated carbocycles. The van der Waals surface area contributed by atoms with Crippen molar-refractivity contribution in [2.45, 2.75) is 25.9 Å². The Labute approximate surface area is 120 Å². The summed E-state index contributed by atoms with van der Waals surface area (Å²) >= 11 is 5.88. The van der Waals surface area contributed by atoms with Crippen molar-refractivity contribution in [3.8, 4) is 0 Å². The van der Waals surface area contributed by atoms with Gasteiger partial charge in [-0.15, -0.1) is 0 Å². The van der Waals surface area contributed by atoms with Crippen molar-refractivity contribution in [3.63, 3.8) is 0 Å². The van der Waals surface area contributed by atoms with Gasteiger partial charge in [0.15, 0.2) is 0 Å². The number of halogens is 2. The van der Waals surface area contributed by atoms with Gasteiger partial charge in [0.05, 0.1) is 13.0 Å². The molecule has 0 unspecified atom stereocenters. The average Bonchev–Trinajstić information content (AvgIpc) is 2.86. The Morgan fingerprint density at radius 2 is 2.35 bits per heavy atom. The second kappa shape index (κ2) is 6.47. The average molecular weight is 297 g/mol. The minimum Gasteiger partial charge on any atom is -0.351 e. The molecular weight excluding hydrogens is 283 g/mol. The number of carbonyl (C=O) groups excluding carboxylic acids is 1. The Morgan fingerprint density at radius 1 is 1.55 bits per heavy atom. The maximum Gasteiger partial charge on any atom is 0.224 e. The van der Waals surface area contributed by atoms with Crippen molar-refractivity contribution >= 4 is 17.5 Å². The van der Waals surface area contributed by atoms with Gasteiger partial charge in [0.25, 0.3) is 0 Å². The van der Waals surface area contributed by atoms with E-state index >= 15 is 0 Å². The highest BCUT2D eigenvalue weighted by molar-refractivity contribution is 6.31. The molecule has 106 valence electrons. The molecule has 7 heteroatoms. The fourth-order valence-corrected chi connectivity index (χ4v) is 2.07. The molecule has 2 rings (SSSR count). The number of hydrogen-bond acceptors (Lipinski definition) is 3. The lowest BCUT2D eigenvalue weighted by atomic mass is 10.1. The van der Waals surface area contributed by atoms with Crippen LogP contribution < -0.4 is 5.32 Å². The molecule has 20 heavy (non-hydrogen) atoms. The van der Waals surface area contributed by atoms with E-state index in [0.29, 0.717) is 6.54 Å². The maximum atomic E-state index is 13.6. The van der Waals surface area contributed by atoms with E-state index in [-0.39, 0.29) is 29.0 Å². The van der Waals surface area contributed by atoms with Gasteiger partial charge in [-0.1, -0.05) is 17.7 Å². The zero-order valence-corrected chi connectivity index (χ0v) is 11.6. The fourth-order valence-electron chi connectivity index (χ4n) is 1.84. The third-order valence-corrected chi connectivity index (χ3v) is 3.09. The summed E-state index contributed by atoms with van der Waals surface area (Å²) in [5.41, 5.74) is 0.208. The molecule has 1 aromatic heterocycles. The summed E-state index contributed by atoms with van der Waals surface area (Å²) in [6.07, 6.45) is 2.90. The second-order valence-electron chi connectivity index (χ2n) is 4.46. The third kappa shape index (κ3) is 3.77. The summed E-state index contributed by atoms with van der Waals surface area (Å²) in [5.74, 6) is -0.763. The molecule has 1 amide bonds. The lowest BCUT2D eigenvalue weighted by Gasteiger charge is -2.14. The smallest absolute Gasteiger partial charge is 0.224 e. The summed E-state index contributed by atoms with van der Waals surface area (Å²) in [5, 5.41) is 6.97. The molecule has 5 nitrogen and oxygen atoms in total. The van der Waals surface area contributed by atoms with Crippen LogP contribution in [0.3, 0.4) is 0 Å². The van der Waals surface area contributed by atoms with Gasteiger partial charge in [0.2, 0.25) is 5.91 Å². The highest BCUT2D eigenvalue weighted by Crippen LogP contribution is 2.19. The molecule has 0 bridgehead atoms. The largest absolute Gasteiger partial charge is 0.351 e. The van der Waals surface area contributed by atoms with Gasteiger partial charge in [0.1, 0.15) is 18.5 Å². The zero-order chi connectivity index (χ0) is 14.5. The van der Waals surface area contributed by atoms with Crippen LogP contribution in [0.2, 0.25) is 5.02 Å². The van der Waals surface area contributed by atoms with E-state index in [2.05, 4.69) is 15.4 Å². The summed E-state index contributed by atoms with van der Waals surface area (Å²) in [4.78, 5) is 15.7. The molecular formula is C13H14ClFN4O. The first-order valence-corrected chi connectivity index (χ1v) is 6.48. The van der Waals surface area contributed by atoms with E-state index in [1.165, 1.54) is 18.5 Å². The number of nitrogens with one attached hydrogen (secondary N) is 1. The van der Waals surface area contributed by atoms with Crippen molar-refractivity contribution < 1.29 is 9.18 Å². The Hall–Kier alpha value is -1.95. The Balaban J connectivity index is 1.92. The lowest BCUT2D eigenvalue weighted by molar-refractivity contribution is -0.121. The van der Waals surface area contributed by atoms with Crippen LogP contribution in [-0.4, -0.2) is 26.7 Å². The molecule has 1 atom stereocenters. The quantitative estimate of drug-likeness (QED) is 0.915. The van der Waals surface area contributed by atoms with Crippen LogP contribution in [-0.2, 0) is 17.8 Å². The van der Waals surface area contributed by atoms with E-state index < -0.39 is 5.82 Å². The summed E-state index contributed by atoms with van der Waals surface area (Å²) in [7, 11) is 0. The molecule has 1 aromatic carbocycles. The van der Waals surface area contributed by atoms with Crippen LogP contribution in [0.1, 0.15) is 12.5 Å². The predicted octanol–water partition coefficient (Wildman–Crippen LogP) is 1.82. The molecule has 0 radical (unpaired) electrons. The van der Waals surface area contributed by atoms with Crippen molar-refractivity contribution in [1.82, 2.24) is 20.1 Å². The molecule has 0 aliphatic heterocycles. The molecule has 0 saturated heterocycles. The van der Waals surface area contributed by atoms with E-state index in [4.69, 9.17) is 11.6 Å². The molecule has 1 heterocycles. The van der Waals surface area contributed by atoms with Crippen molar-refractivity contribution in [2.24, 2.45) is 0 Å². The highest BCUT2D eigenvalue weighted by atomic mass is 35.5. The van der Waals surface area contributed by atoms with Gasteiger partial charge in [-0.05, 0) is 19.1 Å². The van der Waals surface area contributed by atoms with Crippen LogP contribution in [0.5, 0.6) is 0 Å². The first-order valence-electron chi connectivity index (χ1n) is 6.11. The predicted molar refractivity (Wildman–Crippen MR) is 72.7 cm³/mol. The van der Waals surface area contributed by atoms with Gasteiger partial charge in [0, 0.05) is 16.6 Å². The van der Waals surface area contributed by atoms with E-state index in [1.54, 1.807) is 17.1 Å². The van der Waals surface area contributed by atoms with Gasteiger partial charge in [-0.25, -0.2) is 9.37 Å². The van der Waals surface area contributed by atoms with Crippen LogP contribution in [0.15, 0.2) is 30.9 Å². The Kier molecular flexibility index (Phi) is 4.68. The summed E-state index contributed by atoms with van der Waals surface area (Å²) in [6, 6.07) is 4.21. The molecule has 0 fully saturated rings. The van der Waals surface area contributed by atoms with Crippen LogP contribution in [0.4, 0.5) is 4.39 Å². The van der Waals surface area contributed by atoms with Crippen LogP contribution >= 0.6 is 11.6 Å². The standard InChI is InChI=1S/C13H14ClFN4O/c1-9(6-19-8-16-7-17-19)18-13(20)5-10-11(14)3-2-4-12(10)15/h2-4,7-9H,5-6H2,1H3,(H,18,20)/t9-/m0/s1. The minimum absolute atomic E-state index is 0.0901. The normalized spacial score (nSPS) is 12.2. The molecule has 0 aliphatic rings. The monoisotopic (exact) mass is 296 g/mol. The number of hydrogen-bond donors (Lipinski definition) is 1. The first-order chi connectivity index (χ1) is 9.56. The third-order valence-electron chi connectivity index (χ3n) is 2.73. The highest BCUT2D eigenvalue weighted by Gasteiger charge is 2.14. The topological polar surface area (TPSA) is 59.8 Å². The number of rotatable bonds is 5. The summed E-state index contributed by atoms with van der Waals surface area (Å²) in [6.45, 7) is 2.33.